The van der Waals surface area contributed by atoms with Gasteiger partial charge in [0.15, 0.2) is 0 Å². The standard InChI is InChI=1S/C11H18N2O2S/c1-9(7-8-16(3)14)12-10-5-4-6-11(13-10)15-2/h4-6,9H,7-8H2,1-3H3,(H,12,13). The van der Waals surface area contributed by atoms with Crippen LogP contribution in [0.4, 0.5) is 5.82 Å². The van der Waals surface area contributed by atoms with Gasteiger partial charge in [-0.05, 0) is 19.4 Å². The molecule has 90 valence electrons. The van der Waals surface area contributed by atoms with Crippen LogP contribution in [0, 0.1) is 0 Å². The van der Waals surface area contributed by atoms with Gasteiger partial charge in [-0.15, -0.1) is 0 Å². The first-order valence-electron chi connectivity index (χ1n) is 5.19. The van der Waals surface area contributed by atoms with E-state index in [-0.39, 0.29) is 6.04 Å². The summed E-state index contributed by atoms with van der Waals surface area (Å²) in [4.78, 5) is 4.25. The molecule has 0 aliphatic carbocycles. The number of aromatic nitrogens is 1. The van der Waals surface area contributed by atoms with Crippen molar-refractivity contribution in [3.05, 3.63) is 18.2 Å². The molecule has 0 saturated heterocycles. The predicted molar refractivity (Wildman–Crippen MR) is 67.4 cm³/mol. The highest BCUT2D eigenvalue weighted by Crippen LogP contribution is 2.12. The Hall–Kier alpha value is -1.10. The molecule has 0 aliphatic rings. The Labute approximate surface area is 98.9 Å². The molecule has 5 heteroatoms. The Morgan fingerprint density at radius 2 is 2.31 bits per heavy atom. The first kappa shape index (κ1) is 13.0. The minimum absolute atomic E-state index is 0.253. The second-order valence-electron chi connectivity index (χ2n) is 3.68. The molecule has 2 unspecified atom stereocenters. The first-order valence-corrected chi connectivity index (χ1v) is 6.92. The number of ether oxygens (including phenoxy) is 1. The molecule has 0 bridgehead atoms. The van der Waals surface area contributed by atoms with E-state index in [1.165, 1.54) is 0 Å². The Kier molecular flexibility index (Phi) is 5.25. The van der Waals surface area contributed by atoms with Crippen molar-refractivity contribution >= 4 is 16.6 Å². The van der Waals surface area contributed by atoms with E-state index in [0.717, 1.165) is 12.2 Å². The molecule has 0 aliphatic heterocycles. The number of pyridine rings is 1. The average Bonchev–Trinajstić information content (AvgIpc) is 2.26. The first-order chi connectivity index (χ1) is 7.61. The molecule has 0 amide bonds. The summed E-state index contributed by atoms with van der Waals surface area (Å²) in [6, 6.07) is 5.83. The van der Waals surface area contributed by atoms with E-state index in [1.54, 1.807) is 19.4 Å². The summed E-state index contributed by atoms with van der Waals surface area (Å²) in [5.74, 6) is 2.09. The fraction of sp³-hybridized carbons (Fsp3) is 0.545. The van der Waals surface area contributed by atoms with Crippen molar-refractivity contribution in [2.24, 2.45) is 0 Å². The Morgan fingerprint density at radius 3 is 2.94 bits per heavy atom. The summed E-state index contributed by atoms with van der Waals surface area (Å²) in [6.07, 6.45) is 2.58. The Morgan fingerprint density at radius 1 is 1.56 bits per heavy atom. The van der Waals surface area contributed by atoms with Gasteiger partial charge in [-0.25, -0.2) is 0 Å². The normalized spacial score (nSPS) is 14.2. The number of rotatable bonds is 6. The molecule has 0 radical (unpaired) electrons. The van der Waals surface area contributed by atoms with Crippen LogP contribution in [-0.2, 0) is 10.8 Å². The van der Waals surface area contributed by atoms with Crippen LogP contribution in [0.3, 0.4) is 0 Å². The highest BCUT2D eigenvalue weighted by molar-refractivity contribution is 7.84. The maximum atomic E-state index is 10.9. The lowest BCUT2D eigenvalue weighted by Crippen LogP contribution is -2.18. The lowest BCUT2D eigenvalue weighted by Gasteiger charge is -2.14. The van der Waals surface area contributed by atoms with Gasteiger partial charge in [-0.1, -0.05) is 6.07 Å². The number of hydrogen-bond donors (Lipinski definition) is 1. The zero-order chi connectivity index (χ0) is 12.0. The van der Waals surface area contributed by atoms with Gasteiger partial charge in [0.05, 0.1) is 7.11 Å². The molecule has 1 rings (SSSR count). The third-order valence-electron chi connectivity index (χ3n) is 2.17. The van der Waals surface area contributed by atoms with Gasteiger partial charge in [0.1, 0.15) is 5.82 Å². The predicted octanol–water partition coefficient (Wildman–Crippen LogP) is 1.66. The zero-order valence-corrected chi connectivity index (χ0v) is 10.7. The number of nitrogens with zero attached hydrogens (tertiary/aromatic N) is 1. The molecule has 2 atom stereocenters. The summed E-state index contributed by atoms with van der Waals surface area (Å²) in [5, 5.41) is 3.25. The number of methoxy groups -OCH3 is 1. The van der Waals surface area contributed by atoms with Gasteiger partial charge in [0, 0.05) is 34.9 Å². The lowest BCUT2D eigenvalue weighted by atomic mass is 10.2. The van der Waals surface area contributed by atoms with Crippen LogP contribution in [0.25, 0.3) is 0 Å². The number of nitrogens with one attached hydrogen (secondary N) is 1. The molecule has 1 heterocycles. The monoisotopic (exact) mass is 242 g/mol. The molecule has 0 fully saturated rings. The molecule has 1 aromatic heterocycles. The van der Waals surface area contributed by atoms with Gasteiger partial charge < -0.3 is 10.1 Å². The van der Waals surface area contributed by atoms with Crippen LogP contribution in [0.1, 0.15) is 13.3 Å². The van der Waals surface area contributed by atoms with E-state index in [4.69, 9.17) is 4.74 Å². The fourth-order valence-electron chi connectivity index (χ4n) is 1.28. The van der Waals surface area contributed by atoms with Crippen LogP contribution >= 0.6 is 0 Å². The second kappa shape index (κ2) is 6.48. The largest absolute Gasteiger partial charge is 0.481 e. The third-order valence-corrected chi connectivity index (χ3v) is 2.98. The maximum absolute atomic E-state index is 10.9. The zero-order valence-electron chi connectivity index (χ0n) is 9.90. The van der Waals surface area contributed by atoms with Crippen molar-refractivity contribution in [1.82, 2.24) is 4.98 Å². The van der Waals surface area contributed by atoms with E-state index in [1.807, 2.05) is 19.1 Å². The summed E-state index contributed by atoms with van der Waals surface area (Å²) >= 11 is 0. The van der Waals surface area contributed by atoms with E-state index >= 15 is 0 Å². The van der Waals surface area contributed by atoms with E-state index < -0.39 is 10.8 Å². The summed E-state index contributed by atoms with van der Waals surface area (Å²) in [5.41, 5.74) is 0. The SMILES string of the molecule is COc1cccc(NC(C)CCS(C)=O)n1. The van der Waals surface area contributed by atoms with Gasteiger partial charge in [0.25, 0.3) is 0 Å². The summed E-state index contributed by atoms with van der Waals surface area (Å²) < 4.78 is 16.0. The van der Waals surface area contributed by atoms with Crippen LogP contribution < -0.4 is 10.1 Å². The number of anilines is 1. The molecule has 1 N–H and O–H groups in total. The Bertz CT molecular complexity index is 358. The molecule has 4 nitrogen and oxygen atoms in total. The molecule has 16 heavy (non-hydrogen) atoms. The molecule has 0 aromatic carbocycles. The highest BCUT2D eigenvalue weighted by atomic mass is 32.2. The van der Waals surface area contributed by atoms with Crippen molar-refractivity contribution in [2.45, 2.75) is 19.4 Å². The molecular weight excluding hydrogens is 224 g/mol. The second-order valence-corrected chi connectivity index (χ2v) is 5.23. The smallest absolute Gasteiger partial charge is 0.214 e. The van der Waals surface area contributed by atoms with E-state index in [0.29, 0.717) is 11.6 Å². The van der Waals surface area contributed by atoms with Crippen LogP contribution in [0.15, 0.2) is 18.2 Å². The highest BCUT2D eigenvalue weighted by Gasteiger charge is 2.04. The molecular formula is C11H18N2O2S. The topological polar surface area (TPSA) is 51.2 Å². The van der Waals surface area contributed by atoms with Gasteiger partial charge in [-0.3, -0.25) is 4.21 Å². The van der Waals surface area contributed by atoms with E-state index in [2.05, 4.69) is 10.3 Å². The third kappa shape index (κ3) is 4.61. The van der Waals surface area contributed by atoms with Crippen molar-refractivity contribution in [3.8, 4) is 5.88 Å². The minimum Gasteiger partial charge on any atom is -0.481 e. The van der Waals surface area contributed by atoms with Gasteiger partial charge >= 0.3 is 0 Å². The van der Waals surface area contributed by atoms with Crippen molar-refractivity contribution < 1.29 is 8.95 Å². The molecule has 1 aromatic rings. The quantitative estimate of drug-likeness (QED) is 0.824. The summed E-state index contributed by atoms with van der Waals surface area (Å²) in [6.45, 7) is 2.05. The van der Waals surface area contributed by atoms with Crippen molar-refractivity contribution in [3.63, 3.8) is 0 Å². The lowest BCUT2D eigenvalue weighted by molar-refractivity contribution is 0.398. The van der Waals surface area contributed by atoms with Crippen LogP contribution in [0.5, 0.6) is 5.88 Å². The molecule has 0 spiro atoms. The number of hydrogen-bond acceptors (Lipinski definition) is 4. The summed E-state index contributed by atoms with van der Waals surface area (Å²) in [7, 11) is 0.858. The minimum atomic E-state index is -0.735. The average molecular weight is 242 g/mol. The van der Waals surface area contributed by atoms with E-state index in [9.17, 15) is 4.21 Å². The van der Waals surface area contributed by atoms with Gasteiger partial charge in [-0.2, -0.15) is 4.98 Å². The van der Waals surface area contributed by atoms with Crippen LogP contribution in [0.2, 0.25) is 0 Å². The fourth-order valence-corrected chi connectivity index (χ4v) is 1.96. The van der Waals surface area contributed by atoms with Crippen LogP contribution in [-0.4, -0.2) is 34.4 Å². The Balaban J connectivity index is 2.48. The maximum Gasteiger partial charge on any atom is 0.214 e. The molecule has 0 saturated carbocycles. The van der Waals surface area contributed by atoms with Crippen molar-refractivity contribution in [2.75, 3.05) is 24.4 Å². The van der Waals surface area contributed by atoms with Gasteiger partial charge in [0.2, 0.25) is 5.88 Å². The van der Waals surface area contributed by atoms with Crippen molar-refractivity contribution in [1.29, 1.82) is 0 Å².